The smallest absolute Gasteiger partial charge is 0.331 e. The van der Waals surface area contributed by atoms with E-state index in [0.717, 1.165) is 0 Å². The molecular formula is C11H16O5. The highest BCUT2D eigenvalue weighted by atomic mass is 16.4. The van der Waals surface area contributed by atoms with Crippen LogP contribution in [-0.4, -0.2) is 27.9 Å². The fourth-order valence-corrected chi connectivity index (χ4v) is 1.32. The number of hydrogen-bond donors (Lipinski definition) is 2. The molecule has 0 heterocycles. The lowest BCUT2D eigenvalue weighted by molar-refractivity contribution is -0.144. The molecule has 1 atom stereocenters. The molecule has 0 saturated heterocycles. The van der Waals surface area contributed by atoms with Crippen LogP contribution in [0.2, 0.25) is 0 Å². The topological polar surface area (TPSA) is 91.7 Å². The van der Waals surface area contributed by atoms with E-state index in [4.69, 9.17) is 10.2 Å². The van der Waals surface area contributed by atoms with Crippen LogP contribution >= 0.6 is 0 Å². The normalized spacial score (nSPS) is 11.8. The number of carboxylic acid groups (broad SMARTS) is 2. The molecule has 0 spiro atoms. The third-order valence-corrected chi connectivity index (χ3v) is 2.27. The molecule has 90 valence electrons. The highest BCUT2D eigenvalue weighted by Gasteiger charge is 2.24. The molecular weight excluding hydrogens is 212 g/mol. The predicted molar refractivity (Wildman–Crippen MR) is 57.1 cm³/mol. The number of carbonyl (C=O) groups is 3. The van der Waals surface area contributed by atoms with Gasteiger partial charge < -0.3 is 15.0 Å². The van der Waals surface area contributed by atoms with Gasteiger partial charge in [-0.3, -0.25) is 4.79 Å². The van der Waals surface area contributed by atoms with Crippen molar-refractivity contribution < 1.29 is 24.6 Å². The van der Waals surface area contributed by atoms with Crippen molar-refractivity contribution in [1.82, 2.24) is 0 Å². The highest BCUT2D eigenvalue weighted by Crippen LogP contribution is 2.18. The third kappa shape index (κ3) is 5.29. The summed E-state index contributed by atoms with van der Waals surface area (Å²) in [5.41, 5.74) is -0.310. The molecule has 2 N–H and O–H groups in total. The van der Waals surface area contributed by atoms with Crippen LogP contribution in [0.15, 0.2) is 12.2 Å². The van der Waals surface area contributed by atoms with Crippen molar-refractivity contribution in [3.05, 3.63) is 12.2 Å². The Morgan fingerprint density at radius 3 is 2.12 bits per heavy atom. The largest absolute Gasteiger partial charge is 0.481 e. The van der Waals surface area contributed by atoms with Gasteiger partial charge in [0.15, 0.2) is 0 Å². The summed E-state index contributed by atoms with van der Waals surface area (Å²) in [6.07, 6.45) is 1.68. The van der Waals surface area contributed by atoms with Crippen molar-refractivity contribution in [3.63, 3.8) is 0 Å². The van der Waals surface area contributed by atoms with Crippen LogP contribution in [0.5, 0.6) is 0 Å². The van der Waals surface area contributed by atoms with Gasteiger partial charge in [0, 0.05) is 12.0 Å². The van der Waals surface area contributed by atoms with Gasteiger partial charge >= 0.3 is 11.9 Å². The summed E-state index contributed by atoms with van der Waals surface area (Å²) in [5, 5.41) is 17.4. The highest BCUT2D eigenvalue weighted by molar-refractivity contribution is 5.93. The van der Waals surface area contributed by atoms with Crippen molar-refractivity contribution >= 4 is 17.7 Å². The fourth-order valence-electron chi connectivity index (χ4n) is 1.32. The van der Waals surface area contributed by atoms with Gasteiger partial charge in [-0.15, -0.1) is 0 Å². The molecule has 0 aliphatic heterocycles. The second-order valence-corrected chi connectivity index (χ2v) is 3.67. The Kier molecular flexibility index (Phi) is 6.07. The van der Waals surface area contributed by atoms with Crippen molar-refractivity contribution in [2.45, 2.75) is 32.6 Å². The van der Waals surface area contributed by atoms with Gasteiger partial charge in [0.05, 0.1) is 5.92 Å². The molecule has 0 bridgehead atoms. The van der Waals surface area contributed by atoms with Gasteiger partial charge in [0.25, 0.3) is 0 Å². The first-order valence-electron chi connectivity index (χ1n) is 5.00. The van der Waals surface area contributed by atoms with Crippen LogP contribution in [0.1, 0.15) is 32.6 Å². The van der Waals surface area contributed by atoms with E-state index in [0.29, 0.717) is 19.3 Å². The first kappa shape index (κ1) is 14.3. The van der Waals surface area contributed by atoms with Gasteiger partial charge in [0.1, 0.15) is 5.78 Å². The maximum atomic E-state index is 10.8. The van der Waals surface area contributed by atoms with Crippen LogP contribution in [0.4, 0.5) is 0 Å². The van der Waals surface area contributed by atoms with E-state index in [1.54, 1.807) is 0 Å². The molecule has 5 heteroatoms. The van der Waals surface area contributed by atoms with E-state index in [2.05, 4.69) is 6.58 Å². The van der Waals surface area contributed by atoms with Crippen LogP contribution < -0.4 is 0 Å². The third-order valence-electron chi connectivity index (χ3n) is 2.27. The zero-order valence-electron chi connectivity index (χ0n) is 9.23. The molecule has 0 aliphatic carbocycles. The Labute approximate surface area is 93.8 Å². The van der Waals surface area contributed by atoms with Gasteiger partial charge in [-0.25, -0.2) is 4.79 Å². The Hall–Kier alpha value is -1.65. The molecule has 0 unspecified atom stereocenters. The Balaban J connectivity index is 4.16. The summed E-state index contributed by atoms with van der Waals surface area (Å²) >= 11 is 0. The Morgan fingerprint density at radius 2 is 1.75 bits per heavy atom. The lowest BCUT2D eigenvalue weighted by Crippen LogP contribution is -2.20. The van der Waals surface area contributed by atoms with E-state index in [-0.39, 0.29) is 17.8 Å². The van der Waals surface area contributed by atoms with Crippen LogP contribution in [0.3, 0.4) is 0 Å². The van der Waals surface area contributed by atoms with Crippen molar-refractivity contribution in [2.24, 2.45) is 5.92 Å². The van der Waals surface area contributed by atoms with Crippen molar-refractivity contribution in [1.29, 1.82) is 0 Å². The molecule has 0 saturated carbocycles. The summed E-state index contributed by atoms with van der Waals surface area (Å²) in [4.78, 5) is 32.0. The summed E-state index contributed by atoms with van der Waals surface area (Å²) < 4.78 is 0. The maximum Gasteiger partial charge on any atom is 0.331 e. The molecule has 0 amide bonds. The Bertz CT molecular complexity index is 305. The van der Waals surface area contributed by atoms with Crippen LogP contribution in [0.25, 0.3) is 0 Å². The fraction of sp³-hybridized carbons (Fsp3) is 0.545. The number of aliphatic carboxylic acids is 2. The number of unbranched alkanes of at least 4 members (excludes halogenated alkanes) is 1. The number of carboxylic acids is 2. The SMILES string of the molecule is C=C(C(=O)O)[C@H](CCCCC(C)=O)C(=O)O. The molecule has 16 heavy (non-hydrogen) atoms. The summed E-state index contributed by atoms with van der Waals surface area (Å²) in [6, 6.07) is 0. The second-order valence-electron chi connectivity index (χ2n) is 3.67. The minimum atomic E-state index is -1.29. The van der Waals surface area contributed by atoms with E-state index in [1.807, 2.05) is 0 Å². The zero-order chi connectivity index (χ0) is 12.7. The standard InChI is InChI=1S/C11H16O5/c1-7(12)5-3-4-6-9(11(15)16)8(2)10(13)14/h9H,2-6H2,1H3,(H,13,14)(H,15,16)/t9-/m0/s1. The van der Waals surface area contributed by atoms with Crippen molar-refractivity contribution in [3.8, 4) is 0 Å². The zero-order valence-corrected chi connectivity index (χ0v) is 9.23. The molecule has 0 fully saturated rings. The molecule has 0 radical (unpaired) electrons. The monoisotopic (exact) mass is 228 g/mol. The molecule has 5 nitrogen and oxygen atoms in total. The van der Waals surface area contributed by atoms with E-state index >= 15 is 0 Å². The first-order valence-corrected chi connectivity index (χ1v) is 5.00. The van der Waals surface area contributed by atoms with Crippen LogP contribution in [-0.2, 0) is 14.4 Å². The molecule has 0 aromatic carbocycles. The lowest BCUT2D eigenvalue weighted by atomic mass is 9.94. The first-order chi connectivity index (χ1) is 7.36. The predicted octanol–water partition coefficient (Wildman–Crippen LogP) is 1.48. The molecule has 0 aromatic heterocycles. The van der Waals surface area contributed by atoms with Gasteiger partial charge in [-0.1, -0.05) is 13.0 Å². The summed E-state index contributed by atoms with van der Waals surface area (Å²) in [5.74, 6) is -3.50. The van der Waals surface area contributed by atoms with Gasteiger partial charge in [0.2, 0.25) is 0 Å². The number of ketones is 1. The Morgan fingerprint density at radius 1 is 1.19 bits per heavy atom. The molecule has 0 rings (SSSR count). The van der Waals surface area contributed by atoms with Gasteiger partial charge in [-0.05, 0) is 19.8 Å². The average Bonchev–Trinajstić information content (AvgIpc) is 2.15. The molecule has 0 aromatic rings. The summed E-state index contributed by atoms with van der Waals surface area (Å²) in [7, 11) is 0. The van der Waals surface area contributed by atoms with Crippen LogP contribution in [0, 0.1) is 5.92 Å². The van der Waals surface area contributed by atoms with Crippen molar-refractivity contribution in [2.75, 3.05) is 0 Å². The minimum Gasteiger partial charge on any atom is -0.481 e. The quantitative estimate of drug-likeness (QED) is 0.485. The molecule has 0 aliphatic rings. The average molecular weight is 228 g/mol. The van der Waals surface area contributed by atoms with E-state index in [1.165, 1.54) is 6.92 Å². The minimum absolute atomic E-state index is 0.0453. The number of rotatable bonds is 8. The van der Waals surface area contributed by atoms with Gasteiger partial charge in [-0.2, -0.15) is 0 Å². The number of Topliss-reactive ketones (excluding diaryl/α,β-unsaturated/α-hetero) is 1. The number of hydrogen-bond acceptors (Lipinski definition) is 3. The van der Waals surface area contributed by atoms with E-state index < -0.39 is 17.9 Å². The number of carbonyl (C=O) groups excluding carboxylic acids is 1. The second kappa shape index (κ2) is 6.76. The summed E-state index contributed by atoms with van der Waals surface area (Å²) in [6.45, 7) is 4.71. The maximum absolute atomic E-state index is 10.8. The lowest BCUT2D eigenvalue weighted by Gasteiger charge is -2.11. The van der Waals surface area contributed by atoms with E-state index in [9.17, 15) is 14.4 Å².